The van der Waals surface area contributed by atoms with Crippen LogP contribution in [0.1, 0.15) is 5.56 Å². The summed E-state index contributed by atoms with van der Waals surface area (Å²) >= 11 is 6.07. The Kier molecular flexibility index (Phi) is 4.48. The Balaban J connectivity index is 1.62. The fourth-order valence-corrected chi connectivity index (χ4v) is 3.53. The molecule has 0 aliphatic carbocycles. The highest BCUT2D eigenvalue weighted by Gasteiger charge is 2.17. The molecular formula is C19H16ClN5O3. The Morgan fingerprint density at radius 2 is 2.11 bits per heavy atom. The van der Waals surface area contributed by atoms with Gasteiger partial charge in [-0.1, -0.05) is 17.7 Å². The molecule has 0 radical (unpaired) electrons. The van der Waals surface area contributed by atoms with Crippen LogP contribution in [-0.4, -0.2) is 26.0 Å². The lowest BCUT2D eigenvalue weighted by Crippen LogP contribution is -2.10. The zero-order chi connectivity index (χ0) is 19.8. The third-order valence-corrected chi connectivity index (χ3v) is 4.93. The van der Waals surface area contributed by atoms with E-state index in [2.05, 4.69) is 15.3 Å². The summed E-state index contributed by atoms with van der Waals surface area (Å²) in [5.74, 6) is 0. The van der Waals surface area contributed by atoms with E-state index in [1.54, 1.807) is 0 Å². The summed E-state index contributed by atoms with van der Waals surface area (Å²) in [7, 11) is 1.95. The van der Waals surface area contributed by atoms with Gasteiger partial charge >= 0.3 is 0 Å². The number of nitrogens with zero attached hydrogens (tertiary/aromatic N) is 3. The van der Waals surface area contributed by atoms with E-state index < -0.39 is 10.5 Å². The molecule has 0 spiro atoms. The molecule has 0 fully saturated rings. The molecule has 2 heterocycles. The highest BCUT2D eigenvalue weighted by molar-refractivity contribution is 6.31. The van der Waals surface area contributed by atoms with Gasteiger partial charge in [0, 0.05) is 41.8 Å². The highest BCUT2D eigenvalue weighted by atomic mass is 35.5. The molecule has 2 N–H and O–H groups in total. The van der Waals surface area contributed by atoms with Crippen LogP contribution in [0.25, 0.3) is 21.8 Å². The summed E-state index contributed by atoms with van der Waals surface area (Å²) in [6.45, 7) is 0.483. The lowest BCUT2D eigenvalue weighted by atomic mass is 10.1. The Hall–Kier alpha value is -3.39. The van der Waals surface area contributed by atoms with Crippen LogP contribution in [0.3, 0.4) is 0 Å². The Morgan fingerprint density at radius 3 is 2.89 bits per heavy atom. The quantitative estimate of drug-likeness (QED) is 0.395. The second-order valence-corrected chi connectivity index (χ2v) is 6.92. The maximum Gasteiger partial charge on any atom is 0.293 e. The summed E-state index contributed by atoms with van der Waals surface area (Å²) in [6, 6.07) is 8.51. The van der Waals surface area contributed by atoms with Gasteiger partial charge in [0.05, 0.1) is 22.2 Å². The Bertz CT molecular complexity index is 1280. The predicted molar refractivity (Wildman–Crippen MR) is 109 cm³/mol. The van der Waals surface area contributed by atoms with Gasteiger partial charge in [0.15, 0.2) is 0 Å². The zero-order valence-electron chi connectivity index (χ0n) is 14.9. The van der Waals surface area contributed by atoms with Gasteiger partial charge in [0.1, 0.15) is 5.69 Å². The van der Waals surface area contributed by atoms with E-state index in [0.717, 1.165) is 16.5 Å². The van der Waals surface area contributed by atoms with Crippen LogP contribution in [0.2, 0.25) is 5.02 Å². The lowest BCUT2D eigenvalue weighted by molar-refractivity contribution is -0.383. The Morgan fingerprint density at radius 1 is 1.29 bits per heavy atom. The maximum atomic E-state index is 11.9. The largest absolute Gasteiger partial charge is 0.379 e. The first-order chi connectivity index (χ1) is 13.4. The van der Waals surface area contributed by atoms with Crippen LogP contribution in [0.4, 0.5) is 11.4 Å². The third-order valence-electron chi connectivity index (χ3n) is 4.70. The number of hydrogen-bond acceptors (Lipinski definition) is 5. The van der Waals surface area contributed by atoms with Crippen LogP contribution in [-0.2, 0) is 13.5 Å². The number of hydrogen-bond donors (Lipinski definition) is 2. The number of rotatable bonds is 5. The van der Waals surface area contributed by atoms with Gasteiger partial charge in [0.25, 0.3) is 11.2 Å². The topological polar surface area (TPSA) is 106 Å². The van der Waals surface area contributed by atoms with E-state index in [-0.39, 0.29) is 11.1 Å². The van der Waals surface area contributed by atoms with Gasteiger partial charge in [0.2, 0.25) is 0 Å². The number of nitrogens with one attached hydrogen (secondary N) is 2. The molecule has 0 saturated heterocycles. The summed E-state index contributed by atoms with van der Waals surface area (Å²) < 4.78 is 2.01. The average Bonchev–Trinajstić information content (AvgIpc) is 2.96. The number of halogens is 1. The van der Waals surface area contributed by atoms with Crippen LogP contribution in [0, 0.1) is 10.1 Å². The minimum Gasteiger partial charge on any atom is -0.379 e. The van der Waals surface area contributed by atoms with E-state index in [0.29, 0.717) is 29.2 Å². The summed E-state index contributed by atoms with van der Waals surface area (Å²) in [4.78, 5) is 29.3. The van der Waals surface area contributed by atoms with Crippen molar-refractivity contribution in [2.24, 2.45) is 7.05 Å². The molecular weight excluding hydrogens is 382 g/mol. The number of aryl methyl sites for hydroxylation is 1. The van der Waals surface area contributed by atoms with Crippen molar-refractivity contribution in [3.8, 4) is 0 Å². The molecule has 0 saturated carbocycles. The molecule has 2 aromatic carbocycles. The van der Waals surface area contributed by atoms with Crippen molar-refractivity contribution in [1.82, 2.24) is 14.5 Å². The number of nitro groups is 1. The fraction of sp³-hybridized carbons (Fsp3) is 0.158. The van der Waals surface area contributed by atoms with Gasteiger partial charge in [-0.3, -0.25) is 14.9 Å². The van der Waals surface area contributed by atoms with Gasteiger partial charge in [-0.05, 0) is 30.2 Å². The molecule has 0 bridgehead atoms. The van der Waals surface area contributed by atoms with Crippen molar-refractivity contribution in [1.29, 1.82) is 0 Å². The lowest BCUT2D eigenvalue weighted by Gasteiger charge is -2.08. The first-order valence-corrected chi connectivity index (χ1v) is 8.95. The molecule has 9 heteroatoms. The van der Waals surface area contributed by atoms with Gasteiger partial charge in [-0.15, -0.1) is 0 Å². The van der Waals surface area contributed by atoms with Crippen molar-refractivity contribution >= 4 is 44.8 Å². The predicted octanol–water partition coefficient (Wildman–Crippen LogP) is 3.63. The molecule has 0 atom stereocenters. The van der Waals surface area contributed by atoms with Crippen molar-refractivity contribution in [3.05, 3.63) is 73.9 Å². The smallest absolute Gasteiger partial charge is 0.293 e. The van der Waals surface area contributed by atoms with Crippen molar-refractivity contribution < 1.29 is 4.92 Å². The maximum absolute atomic E-state index is 11.9. The van der Waals surface area contributed by atoms with Crippen molar-refractivity contribution in [3.63, 3.8) is 0 Å². The molecule has 8 nitrogen and oxygen atoms in total. The molecule has 28 heavy (non-hydrogen) atoms. The summed E-state index contributed by atoms with van der Waals surface area (Å²) in [5.41, 5.74) is 2.31. The van der Waals surface area contributed by atoms with Gasteiger partial charge in [-0.25, -0.2) is 4.98 Å². The normalized spacial score (nSPS) is 11.2. The number of aromatic nitrogens is 3. The highest BCUT2D eigenvalue weighted by Crippen LogP contribution is 2.28. The van der Waals surface area contributed by atoms with E-state index in [1.807, 2.05) is 36.0 Å². The van der Waals surface area contributed by atoms with Crippen LogP contribution in [0.5, 0.6) is 0 Å². The van der Waals surface area contributed by atoms with Crippen molar-refractivity contribution in [2.45, 2.75) is 6.42 Å². The SMILES string of the molecule is Cn1cc(CCNc2cc3nc[nH]c(=O)c3cc2[N+](=O)[O-])c2ccc(Cl)cc21. The van der Waals surface area contributed by atoms with Crippen LogP contribution >= 0.6 is 11.6 Å². The summed E-state index contributed by atoms with van der Waals surface area (Å²) in [6.07, 6.45) is 3.97. The van der Waals surface area contributed by atoms with E-state index in [1.165, 1.54) is 18.5 Å². The number of benzene rings is 2. The molecule has 0 aliphatic heterocycles. The fourth-order valence-electron chi connectivity index (χ4n) is 3.37. The van der Waals surface area contributed by atoms with E-state index in [4.69, 9.17) is 11.6 Å². The first-order valence-electron chi connectivity index (χ1n) is 8.57. The van der Waals surface area contributed by atoms with Crippen LogP contribution in [0.15, 0.2) is 47.7 Å². The van der Waals surface area contributed by atoms with E-state index >= 15 is 0 Å². The minimum absolute atomic E-state index is 0.157. The molecule has 0 unspecified atom stereocenters. The number of nitro benzene ring substituents is 1. The second-order valence-electron chi connectivity index (χ2n) is 6.48. The third kappa shape index (κ3) is 3.18. The van der Waals surface area contributed by atoms with Crippen molar-refractivity contribution in [2.75, 3.05) is 11.9 Å². The molecule has 2 aromatic heterocycles. The minimum atomic E-state index is -0.506. The standard InChI is InChI=1S/C19H16ClN5O3/c1-24-9-11(13-3-2-12(20)6-17(13)24)4-5-21-16-8-15-14(7-18(16)25(27)28)19(26)23-10-22-15/h2-3,6-10,21H,4-5H2,1H3,(H,22,23,26). The molecule has 4 rings (SSSR count). The monoisotopic (exact) mass is 397 g/mol. The molecule has 0 amide bonds. The molecule has 0 aliphatic rings. The number of aromatic amines is 1. The number of H-pyrrole nitrogens is 1. The van der Waals surface area contributed by atoms with Gasteiger partial charge in [-0.2, -0.15) is 0 Å². The van der Waals surface area contributed by atoms with Crippen LogP contribution < -0.4 is 10.9 Å². The number of fused-ring (bicyclic) bond motifs is 2. The van der Waals surface area contributed by atoms with Gasteiger partial charge < -0.3 is 14.9 Å². The molecule has 142 valence electrons. The Labute approximate surface area is 163 Å². The second kappa shape index (κ2) is 6.97. The zero-order valence-corrected chi connectivity index (χ0v) is 15.7. The average molecular weight is 398 g/mol. The van der Waals surface area contributed by atoms with E-state index in [9.17, 15) is 14.9 Å². The number of anilines is 1. The first kappa shape index (κ1) is 18.0. The summed E-state index contributed by atoms with van der Waals surface area (Å²) in [5, 5.41) is 16.5. The molecule has 4 aromatic rings.